The van der Waals surface area contributed by atoms with Crippen LogP contribution >= 0.6 is 23.2 Å². The molecular formula is C19H17Cl2N3O2. The number of benzene rings is 2. The second-order valence-corrected chi connectivity index (χ2v) is 6.60. The van der Waals surface area contributed by atoms with Gasteiger partial charge in [-0.1, -0.05) is 47.0 Å². The van der Waals surface area contributed by atoms with Crippen molar-refractivity contribution in [3.63, 3.8) is 0 Å². The van der Waals surface area contributed by atoms with Gasteiger partial charge in [0.2, 0.25) is 0 Å². The van der Waals surface area contributed by atoms with E-state index in [2.05, 4.69) is 10.4 Å². The average molecular weight is 390 g/mol. The Morgan fingerprint density at radius 2 is 1.92 bits per heavy atom. The van der Waals surface area contributed by atoms with Crippen LogP contribution in [0.2, 0.25) is 10.0 Å². The minimum atomic E-state index is -0.269. The van der Waals surface area contributed by atoms with Crippen LogP contribution < -0.4 is 10.1 Å². The van der Waals surface area contributed by atoms with Crippen molar-refractivity contribution in [2.45, 2.75) is 13.5 Å². The highest BCUT2D eigenvalue weighted by Gasteiger charge is 2.10. The maximum absolute atomic E-state index is 12.1. The van der Waals surface area contributed by atoms with Gasteiger partial charge >= 0.3 is 0 Å². The average Bonchev–Trinajstić information content (AvgIpc) is 3.03. The summed E-state index contributed by atoms with van der Waals surface area (Å²) in [4.78, 5) is 12.1. The molecule has 2 aromatic carbocycles. The molecule has 134 valence electrons. The molecule has 0 atom stereocenters. The van der Waals surface area contributed by atoms with Gasteiger partial charge in [0.25, 0.3) is 5.91 Å². The molecule has 0 aliphatic heterocycles. The van der Waals surface area contributed by atoms with E-state index in [1.165, 1.54) is 0 Å². The van der Waals surface area contributed by atoms with Crippen LogP contribution in [0.5, 0.6) is 5.75 Å². The maximum Gasteiger partial charge on any atom is 0.263 e. The number of nitrogens with one attached hydrogen (secondary N) is 1. The van der Waals surface area contributed by atoms with Crippen molar-refractivity contribution in [3.05, 3.63) is 75.9 Å². The Labute approximate surface area is 161 Å². The predicted molar refractivity (Wildman–Crippen MR) is 103 cm³/mol. The Morgan fingerprint density at radius 1 is 1.15 bits per heavy atom. The minimum Gasteiger partial charge on any atom is -0.484 e. The van der Waals surface area contributed by atoms with Crippen molar-refractivity contribution in [2.75, 3.05) is 11.9 Å². The van der Waals surface area contributed by atoms with E-state index in [1.807, 2.05) is 37.3 Å². The van der Waals surface area contributed by atoms with E-state index < -0.39 is 0 Å². The summed E-state index contributed by atoms with van der Waals surface area (Å²) in [7, 11) is 0. The number of carbonyl (C=O) groups excluding carboxylic acids is 1. The summed E-state index contributed by atoms with van der Waals surface area (Å²) in [5, 5.41) is 8.14. The summed E-state index contributed by atoms with van der Waals surface area (Å²) in [5.74, 6) is 0.940. The van der Waals surface area contributed by atoms with E-state index in [1.54, 1.807) is 29.1 Å². The molecule has 1 N–H and O–H groups in total. The lowest BCUT2D eigenvalue weighted by Gasteiger charge is -2.11. The molecule has 5 nitrogen and oxygen atoms in total. The van der Waals surface area contributed by atoms with E-state index in [4.69, 9.17) is 27.9 Å². The molecule has 3 aromatic rings. The number of carbonyl (C=O) groups is 1. The summed E-state index contributed by atoms with van der Waals surface area (Å²) in [6.45, 7) is 2.32. The largest absolute Gasteiger partial charge is 0.484 e. The fourth-order valence-corrected chi connectivity index (χ4v) is 2.81. The maximum atomic E-state index is 12.1. The lowest BCUT2D eigenvalue weighted by molar-refractivity contribution is -0.118. The van der Waals surface area contributed by atoms with Gasteiger partial charge in [-0.05, 0) is 36.8 Å². The molecule has 0 aliphatic rings. The second kappa shape index (κ2) is 8.25. The number of ether oxygens (including phenoxy) is 1. The molecule has 1 aromatic heterocycles. The first kappa shape index (κ1) is 18.3. The number of nitrogens with zero attached hydrogens (tertiary/aromatic N) is 2. The van der Waals surface area contributed by atoms with Crippen LogP contribution in [0.25, 0.3) is 0 Å². The third-order valence-corrected chi connectivity index (χ3v) is 4.30. The third-order valence-electron chi connectivity index (χ3n) is 3.71. The first-order valence-electron chi connectivity index (χ1n) is 7.96. The van der Waals surface area contributed by atoms with Crippen LogP contribution in [0.15, 0.2) is 54.7 Å². The molecule has 0 saturated heterocycles. The first-order chi connectivity index (χ1) is 12.5. The number of aromatic nitrogens is 2. The minimum absolute atomic E-state index is 0.0874. The number of amides is 1. The van der Waals surface area contributed by atoms with Gasteiger partial charge in [-0.2, -0.15) is 5.10 Å². The van der Waals surface area contributed by atoms with Gasteiger partial charge in [-0.25, -0.2) is 4.68 Å². The normalized spacial score (nSPS) is 10.6. The zero-order chi connectivity index (χ0) is 18.5. The number of anilines is 1. The zero-order valence-corrected chi connectivity index (χ0v) is 15.6. The number of hydrogen-bond acceptors (Lipinski definition) is 3. The van der Waals surface area contributed by atoms with E-state index >= 15 is 0 Å². The highest BCUT2D eigenvalue weighted by Crippen LogP contribution is 2.22. The van der Waals surface area contributed by atoms with Gasteiger partial charge in [0.15, 0.2) is 6.61 Å². The predicted octanol–water partition coefficient (Wildman–Crippen LogP) is 4.56. The summed E-state index contributed by atoms with van der Waals surface area (Å²) >= 11 is 12.1. The smallest absolute Gasteiger partial charge is 0.263 e. The third kappa shape index (κ3) is 4.77. The Morgan fingerprint density at radius 3 is 2.65 bits per heavy atom. The van der Waals surface area contributed by atoms with Crippen LogP contribution in [0.3, 0.4) is 0 Å². The van der Waals surface area contributed by atoms with Gasteiger partial charge < -0.3 is 10.1 Å². The van der Waals surface area contributed by atoms with Gasteiger partial charge in [-0.15, -0.1) is 0 Å². The van der Waals surface area contributed by atoms with Crippen molar-refractivity contribution in [3.8, 4) is 5.75 Å². The van der Waals surface area contributed by atoms with E-state index in [0.29, 0.717) is 28.2 Å². The molecule has 0 radical (unpaired) electrons. The topological polar surface area (TPSA) is 56.1 Å². The highest BCUT2D eigenvalue weighted by molar-refractivity contribution is 6.35. The highest BCUT2D eigenvalue weighted by atomic mass is 35.5. The van der Waals surface area contributed by atoms with Crippen molar-refractivity contribution >= 4 is 34.9 Å². The molecule has 0 unspecified atom stereocenters. The number of aryl methyl sites for hydroxylation is 1. The fraction of sp³-hybridized carbons (Fsp3) is 0.158. The van der Waals surface area contributed by atoms with Crippen LogP contribution in [-0.2, 0) is 11.3 Å². The molecule has 0 spiro atoms. The standard InChI is InChI=1S/C19H17Cl2N3O2/c1-13-2-6-16(7-3-13)26-12-19(25)23-18-8-9-22-24(18)11-14-4-5-15(20)10-17(14)21/h2-10H,11-12H2,1H3,(H,23,25). The Balaban J connectivity index is 1.61. The first-order valence-corrected chi connectivity index (χ1v) is 8.72. The molecule has 3 rings (SSSR count). The van der Waals surface area contributed by atoms with Crippen molar-refractivity contribution in [2.24, 2.45) is 0 Å². The molecule has 0 saturated carbocycles. The molecule has 1 amide bonds. The summed E-state index contributed by atoms with van der Waals surface area (Å²) in [5.41, 5.74) is 1.98. The number of halogens is 2. The molecule has 0 aliphatic carbocycles. The van der Waals surface area contributed by atoms with Crippen LogP contribution in [0, 0.1) is 6.92 Å². The van der Waals surface area contributed by atoms with Gasteiger partial charge in [0.1, 0.15) is 11.6 Å². The molecule has 0 bridgehead atoms. The van der Waals surface area contributed by atoms with Crippen LogP contribution in [0.1, 0.15) is 11.1 Å². The molecular weight excluding hydrogens is 373 g/mol. The molecule has 0 fully saturated rings. The van der Waals surface area contributed by atoms with E-state index in [-0.39, 0.29) is 12.5 Å². The molecule has 1 heterocycles. The van der Waals surface area contributed by atoms with Crippen LogP contribution in [0.4, 0.5) is 5.82 Å². The van der Waals surface area contributed by atoms with Crippen molar-refractivity contribution in [1.82, 2.24) is 9.78 Å². The SMILES string of the molecule is Cc1ccc(OCC(=O)Nc2ccnn2Cc2ccc(Cl)cc2Cl)cc1. The number of hydrogen-bond donors (Lipinski definition) is 1. The monoisotopic (exact) mass is 389 g/mol. The molecule has 7 heteroatoms. The van der Waals surface area contributed by atoms with E-state index in [0.717, 1.165) is 11.1 Å². The summed E-state index contributed by atoms with van der Waals surface area (Å²) in [6.07, 6.45) is 1.61. The van der Waals surface area contributed by atoms with Crippen LogP contribution in [-0.4, -0.2) is 22.3 Å². The Kier molecular flexibility index (Phi) is 5.81. The van der Waals surface area contributed by atoms with Gasteiger partial charge in [0.05, 0.1) is 12.7 Å². The van der Waals surface area contributed by atoms with Crippen molar-refractivity contribution < 1.29 is 9.53 Å². The lowest BCUT2D eigenvalue weighted by atomic mass is 10.2. The lowest BCUT2D eigenvalue weighted by Crippen LogP contribution is -2.22. The quantitative estimate of drug-likeness (QED) is 0.671. The second-order valence-electron chi connectivity index (χ2n) is 5.76. The number of rotatable bonds is 6. The molecule has 26 heavy (non-hydrogen) atoms. The van der Waals surface area contributed by atoms with E-state index in [9.17, 15) is 4.79 Å². The fourth-order valence-electron chi connectivity index (χ4n) is 2.34. The Bertz CT molecular complexity index is 907. The summed E-state index contributed by atoms with van der Waals surface area (Å²) < 4.78 is 7.14. The van der Waals surface area contributed by atoms with Crippen molar-refractivity contribution in [1.29, 1.82) is 0 Å². The Hall–Kier alpha value is -2.50. The summed E-state index contributed by atoms with van der Waals surface area (Å²) in [6, 6.07) is 14.5. The zero-order valence-electron chi connectivity index (χ0n) is 14.1. The van der Waals surface area contributed by atoms with Gasteiger partial charge in [-0.3, -0.25) is 4.79 Å². The van der Waals surface area contributed by atoms with Gasteiger partial charge in [0, 0.05) is 16.1 Å².